The Morgan fingerprint density at radius 3 is 2.50 bits per heavy atom. The van der Waals surface area contributed by atoms with Crippen LogP contribution in [0.2, 0.25) is 0 Å². The lowest BCUT2D eigenvalue weighted by atomic mass is 9.89. The maximum atomic E-state index is 12.9. The number of benzene rings is 3. The van der Waals surface area contributed by atoms with Gasteiger partial charge in [-0.15, -0.1) is 11.8 Å². The Bertz CT molecular complexity index is 1180. The van der Waals surface area contributed by atoms with Crippen LogP contribution in [-0.4, -0.2) is 22.5 Å². The molecule has 5 rings (SSSR count). The number of nitrogens with one attached hydrogen (secondary N) is 1. The molecule has 3 aromatic rings. The monoisotopic (exact) mass is 470 g/mol. The number of carbonyl (C=O) groups is 2. The van der Waals surface area contributed by atoms with Crippen molar-refractivity contribution in [1.82, 2.24) is 10.2 Å². The van der Waals surface area contributed by atoms with Crippen molar-refractivity contribution in [2.24, 2.45) is 0 Å². The van der Waals surface area contributed by atoms with Gasteiger partial charge in [-0.1, -0.05) is 60.7 Å². The first-order chi connectivity index (χ1) is 16.6. The van der Waals surface area contributed by atoms with Gasteiger partial charge >= 0.3 is 0 Å². The zero-order chi connectivity index (χ0) is 23.5. The van der Waals surface area contributed by atoms with Crippen molar-refractivity contribution in [2.75, 3.05) is 5.75 Å². The van der Waals surface area contributed by atoms with Crippen LogP contribution in [0.5, 0.6) is 0 Å². The molecule has 0 bridgehead atoms. The van der Waals surface area contributed by atoms with Gasteiger partial charge in [0.2, 0.25) is 5.91 Å². The van der Waals surface area contributed by atoms with Crippen LogP contribution in [0.15, 0.2) is 72.8 Å². The van der Waals surface area contributed by atoms with Crippen LogP contribution in [0.3, 0.4) is 0 Å². The van der Waals surface area contributed by atoms with E-state index in [1.54, 1.807) is 11.8 Å². The Kier molecular flexibility index (Phi) is 6.73. The van der Waals surface area contributed by atoms with Crippen LogP contribution >= 0.6 is 11.8 Å². The third-order valence-electron chi connectivity index (χ3n) is 6.84. The first kappa shape index (κ1) is 22.7. The number of thioether (sulfide) groups is 1. The molecule has 1 saturated heterocycles. The lowest BCUT2D eigenvalue weighted by Crippen LogP contribution is -2.28. The Labute approximate surface area is 205 Å². The minimum absolute atomic E-state index is 0.0285. The van der Waals surface area contributed by atoms with Gasteiger partial charge in [0.15, 0.2) is 0 Å². The summed E-state index contributed by atoms with van der Waals surface area (Å²) in [7, 11) is 0. The average Bonchev–Trinajstić information content (AvgIpc) is 3.24. The highest BCUT2D eigenvalue weighted by molar-refractivity contribution is 8.00. The van der Waals surface area contributed by atoms with Crippen LogP contribution in [0.1, 0.15) is 69.4 Å². The zero-order valence-corrected chi connectivity index (χ0v) is 20.3. The van der Waals surface area contributed by atoms with E-state index in [-0.39, 0.29) is 23.2 Å². The van der Waals surface area contributed by atoms with Crippen molar-refractivity contribution in [3.63, 3.8) is 0 Å². The Hall–Kier alpha value is -3.05. The summed E-state index contributed by atoms with van der Waals surface area (Å²) >= 11 is 1.64. The highest BCUT2D eigenvalue weighted by Gasteiger charge is 2.32. The minimum atomic E-state index is -0.0759. The maximum absolute atomic E-state index is 12.9. The molecule has 2 aliphatic rings. The number of aryl methyl sites for hydroxylation is 2. The summed E-state index contributed by atoms with van der Waals surface area (Å²) in [6.45, 7) is 2.64. The second kappa shape index (κ2) is 10.1. The Morgan fingerprint density at radius 2 is 1.74 bits per heavy atom. The van der Waals surface area contributed by atoms with Crippen LogP contribution in [0.4, 0.5) is 0 Å². The number of hydrogen-bond acceptors (Lipinski definition) is 3. The predicted octanol–water partition coefficient (Wildman–Crippen LogP) is 5.83. The molecule has 2 unspecified atom stereocenters. The predicted molar refractivity (Wildman–Crippen MR) is 138 cm³/mol. The molecule has 4 nitrogen and oxygen atoms in total. The molecule has 1 aliphatic heterocycles. The number of amides is 2. The molecule has 1 aliphatic carbocycles. The normalized spacial score (nSPS) is 18.4. The number of nitrogens with zero attached hydrogens (tertiary/aromatic N) is 1. The minimum Gasteiger partial charge on any atom is -0.346 e. The lowest BCUT2D eigenvalue weighted by Gasteiger charge is -2.24. The largest absolute Gasteiger partial charge is 0.346 e. The van der Waals surface area contributed by atoms with Crippen molar-refractivity contribution in [2.45, 2.75) is 50.6 Å². The molecular weight excluding hydrogens is 440 g/mol. The summed E-state index contributed by atoms with van der Waals surface area (Å²) in [5, 5.41) is 3.12. The van der Waals surface area contributed by atoms with Gasteiger partial charge in [-0.3, -0.25) is 9.59 Å². The smallest absolute Gasteiger partial charge is 0.251 e. The lowest BCUT2D eigenvalue weighted by molar-refractivity contribution is -0.128. The number of carbonyl (C=O) groups excluding carboxylic acids is 2. The van der Waals surface area contributed by atoms with Gasteiger partial charge in [0.05, 0.1) is 11.8 Å². The number of hydrogen-bond donors (Lipinski definition) is 1. The van der Waals surface area contributed by atoms with Crippen molar-refractivity contribution in [3.05, 3.63) is 106 Å². The molecule has 174 valence electrons. The van der Waals surface area contributed by atoms with Gasteiger partial charge in [0, 0.05) is 12.1 Å². The summed E-state index contributed by atoms with van der Waals surface area (Å²) in [4.78, 5) is 27.4. The Balaban J connectivity index is 1.25. The van der Waals surface area contributed by atoms with Crippen LogP contribution in [0.25, 0.3) is 0 Å². The van der Waals surface area contributed by atoms with Gasteiger partial charge < -0.3 is 10.2 Å². The molecular formula is C29H30N2O2S. The highest BCUT2D eigenvalue weighted by atomic mass is 32.2. The van der Waals surface area contributed by atoms with Crippen molar-refractivity contribution in [3.8, 4) is 0 Å². The van der Waals surface area contributed by atoms with Crippen LogP contribution in [0, 0.1) is 0 Å². The topological polar surface area (TPSA) is 49.4 Å². The fourth-order valence-corrected chi connectivity index (χ4v) is 6.05. The number of fused-ring (bicyclic) bond motifs is 1. The van der Waals surface area contributed by atoms with Crippen molar-refractivity contribution in [1.29, 1.82) is 0 Å². The van der Waals surface area contributed by atoms with E-state index in [1.807, 2.05) is 66.4 Å². The molecule has 34 heavy (non-hydrogen) atoms. The molecule has 1 N–H and O–H groups in total. The molecule has 5 heteroatoms. The molecule has 2 amide bonds. The van der Waals surface area contributed by atoms with E-state index in [2.05, 4.69) is 23.5 Å². The first-order valence-corrected chi connectivity index (χ1v) is 13.1. The van der Waals surface area contributed by atoms with Gasteiger partial charge in [0.25, 0.3) is 5.91 Å². The van der Waals surface area contributed by atoms with Gasteiger partial charge in [0.1, 0.15) is 5.37 Å². The highest BCUT2D eigenvalue weighted by Crippen LogP contribution is 2.39. The Morgan fingerprint density at radius 1 is 1.00 bits per heavy atom. The third kappa shape index (κ3) is 4.90. The summed E-state index contributed by atoms with van der Waals surface area (Å²) in [5.41, 5.74) is 6.84. The van der Waals surface area contributed by atoms with Gasteiger partial charge in [-0.05, 0) is 72.6 Å². The van der Waals surface area contributed by atoms with E-state index in [9.17, 15) is 9.59 Å². The summed E-state index contributed by atoms with van der Waals surface area (Å²) < 4.78 is 0. The second-order valence-corrected chi connectivity index (χ2v) is 10.3. The van der Waals surface area contributed by atoms with Gasteiger partial charge in [-0.25, -0.2) is 0 Å². The van der Waals surface area contributed by atoms with E-state index < -0.39 is 0 Å². The van der Waals surface area contributed by atoms with Gasteiger partial charge in [-0.2, -0.15) is 0 Å². The molecule has 0 spiro atoms. The average molecular weight is 471 g/mol. The molecule has 1 heterocycles. The summed E-state index contributed by atoms with van der Waals surface area (Å²) in [6, 6.07) is 24.3. The van der Waals surface area contributed by atoms with E-state index >= 15 is 0 Å². The van der Waals surface area contributed by atoms with E-state index in [0.29, 0.717) is 17.9 Å². The van der Waals surface area contributed by atoms with E-state index in [0.717, 1.165) is 29.5 Å². The number of rotatable bonds is 6. The van der Waals surface area contributed by atoms with Crippen molar-refractivity contribution < 1.29 is 9.59 Å². The van der Waals surface area contributed by atoms with Crippen LogP contribution < -0.4 is 5.32 Å². The molecule has 0 radical (unpaired) electrons. The second-order valence-electron chi connectivity index (χ2n) is 9.22. The standard InChI is InChI=1S/C29H30N2O2S/c1-20(25-16-11-22-9-5-6-10-26(22)17-25)30-28(33)23-12-14-24(15-13-23)29-31(27(32)19-34-29)18-21-7-3-2-4-8-21/h2-4,7-8,11-17,20,29H,5-6,9-10,18-19H2,1H3,(H,30,33). The summed E-state index contributed by atoms with van der Waals surface area (Å²) in [6.07, 6.45) is 4.81. The third-order valence-corrected chi connectivity index (χ3v) is 8.10. The zero-order valence-electron chi connectivity index (χ0n) is 19.5. The summed E-state index contributed by atoms with van der Waals surface area (Å²) in [5.74, 6) is 0.561. The molecule has 0 aromatic heterocycles. The fraction of sp³-hybridized carbons (Fsp3) is 0.310. The van der Waals surface area contributed by atoms with Crippen molar-refractivity contribution >= 4 is 23.6 Å². The molecule has 2 atom stereocenters. The SMILES string of the molecule is CC(NC(=O)c1ccc(C2SCC(=O)N2Cc2ccccc2)cc1)c1ccc2c(c1)CCCC2. The molecule has 3 aromatic carbocycles. The first-order valence-electron chi connectivity index (χ1n) is 12.1. The van der Waals surface area contributed by atoms with E-state index in [4.69, 9.17) is 0 Å². The molecule has 1 fully saturated rings. The fourth-order valence-electron chi connectivity index (χ4n) is 4.87. The van der Waals surface area contributed by atoms with E-state index in [1.165, 1.54) is 24.0 Å². The maximum Gasteiger partial charge on any atom is 0.251 e. The van der Waals surface area contributed by atoms with Crippen LogP contribution in [-0.2, 0) is 24.2 Å². The molecule has 0 saturated carbocycles. The quantitative estimate of drug-likeness (QED) is 0.493.